The van der Waals surface area contributed by atoms with Crippen LogP contribution in [0.3, 0.4) is 0 Å². The summed E-state index contributed by atoms with van der Waals surface area (Å²) in [5, 5.41) is 3.67. The molecule has 3 heterocycles. The molecule has 1 N–H and O–H groups in total. The zero-order valence-corrected chi connectivity index (χ0v) is 18.3. The fourth-order valence-corrected chi connectivity index (χ4v) is 4.99. The van der Waals surface area contributed by atoms with Gasteiger partial charge in [-0.25, -0.2) is 0 Å². The minimum atomic E-state index is -0.0913. The van der Waals surface area contributed by atoms with E-state index in [0.717, 1.165) is 24.2 Å². The SMILES string of the molecule is CN1c2cc(-n3ccc(OCc4ccccc4)cc3=O)ccc2C2CC(C)(C)NCC21. The lowest BCUT2D eigenvalue weighted by Gasteiger charge is -2.41. The number of rotatable bonds is 4. The van der Waals surface area contributed by atoms with Gasteiger partial charge in [-0.3, -0.25) is 9.36 Å². The summed E-state index contributed by atoms with van der Waals surface area (Å²) >= 11 is 0. The Labute approximate surface area is 183 Å². The van der Waals surface area contributed by atoms with Crippen LogP contribution in [0.2, 0.25) is 0 Å². The molecule has 160 valence electrons. The third-order valence-corrected chi connectivity index (χ3v) is 6.69. The molecule has 2 atom stereocenters. The number of likely N-dealkylation sites (N-methyl/N-ethyl adjacent to an activating group) is 1. The van der Waals surface area contributed by atoms with Crippen molar-refractivity contribution >= 4 is 5.69 Å². The van der Waals surface area contributed by atoms with Gasteiger partial charge in [-0.2, -0.15) is 0 Å². The monoisotopic (exact) mass is 415 g/mol. The summed E-state index contributed by atoms with van der Waals surface area (Å²) in [6, 6.07) is 20.3. The molecule has 1 fully saturated rings. The van der Waals surface area contributed by atoms with Crippen LogP contribution < -0.4 is 20.5 Å². The molecule has 1 aromatic heterocycles. The Balaban J connectivity index is 1.39. The number of fused-ring (bicyclic) bond motifs is 3. The van der Waals surface area contributed by atoms with Gasteiger partial charge in [-0.15, -0.1) is 0 Å². The molecule has 0 radical (unpaired) electrons. The van der Waals surface area contributed by atoms with E-state index in [2.05, 4.69) is 49.3 Å². The number of aromatic nitrogens is 1. The number of hydrogen-bond acceptors (Lipinski definition) is 4. The number of benzene rings is 2. The molecule has 5 nitrogen and oxygen atoms in total. The lowest BCUT2D eigenvalue weighted by Crippen LogP contribution is -2.54. The minimum absolute atomic E-state index is 0.0913. The summed E-state index contributed by atoms with van der Waals surface area (Å²) in [4.78, 5) is 15.2. The maximum Gasteiger partial charge on any atom is 0.258 e. The van der Waals surface area contributed by atoms with Crippen LogP contribution in [-0.4, -0.2) is 29.7 Å². The second-order valence-electron chi connectivity index (χ2n) is 9.34. The van der Waals surface area contributed by atoms with Gasteiger partial charge >= 0.3 is 0 Å². The Bertz CT molecular complexity index is 1150. The molecular weight excluding hydrogens is 386 g/mol. The summed E-state index contributed by atoms with van der Waals surface area (Å²) in [6.45, 7) is 5.97. The van der Waals surface area contributed by atoms with Crippen LogP contribution in [0.4, 0.5) is 5.69 Å². The quantitative estimate of drug-likeness (QED) is 0.697. The van der Waals surface area contributed by atoms with Crippen LogP contribution in [0.1, 0.15) is 37.3 Å². The first kappa shape index (κ1) is 19.9. The van der Waals surface area contributed by atoms with Crippen molar-refractivity contribution in [1.29, 1.82) is 0 Å². The molecule has 5 heteroatoms. The van der Waals surface area contributed by atoms with Crippen LogP contribution >= 0.6 is 0 Å². The van der Waals surface area contributed by atoms with Crippen LogP contribution in [0.25, 0.3) is 5.69 Å². The Morgan fingerprint density at radius 1 is 1.10 bits per heavy atom. The second-order valence-corrected chi connectivity index (χ2v) is 9.34. The third-order valence-electron chi connectivity index (χ3n) is 6.69. The van der Waals surface area contributed by atoms with Crippen LogP contribution in [-0.2, 0) is 6.61 Å². The molecule has 2 unspecified atom stereocenters. The fourth-order valence-electron chi connectivity index (χ4n) is 4.99. The Morgan fingerprint density at radius 2 is 1.90 bits per heavy atom. The van der Waals surface area contributed by atoms with Crippen molar-refractivity contribution in [2.24, 2.45) is 0 Å². The predicted molar refractivity (Wildman–Crippen MR) is 124 cm³/mol. The topological polar surface area (TPSA) is 46.5 Å². The highest BCUT2D eigenvalue weighted by Crippen LogP contribution is 2.46. The Kier molecular flexibility index (Phi) is 4.86. The van der Waals surface area contributed by atoms with Crippen LogP contribution in [0, 0.1) is 0 Å². The molecule has 2 aliphatic rings. The molecule has 3 aromatic rings. The molecule has 5 rings (SSSR count). The smallest absolute Gasteiger partial charge is 0.258 e. The first-order valence-corrected chi connectivity index (χ1v) is 10.9. The van der Waals surface area contributed by atoms with E-state index in [1.165, 1.54) is 11.3 Å². The van der Waals surface area contributed by atoms with E-state index >= 15 is 0 Å². The van der Waals surface area contributed by atoms with E-state index < -0.39 is 0 Å². The van der Waals surface area contributed by atoms with Gasteiger partial charge in [0.15, 0.2) is 0 Å². The summed E-state index contributed by atoms with van der Waals surface area (Å²) in [5.74, 6) is 1.11. The third kappa shape index (κ3) is 3.74. The number of nitrogens with zero attached hydrogens (tertiary/aromatic N) is 2. The summed E-state index contributed by atoms with van der Waals surface area (Å²) < 4.78 is 7.50. The van der Waals surface area contributed by atoms with Gasteiger partial charge in [0.25, 0.3) is 5.56 Å². The first-order valence-electron chi connectivity index (χ1n) is 10.9. The van der Waals surface area contributed by atoms with E-state index in [-0.39, 0.29) is 11.1 Å². The first-order chi connectivity index (χ1) is 14.9. The van der Waals surface area contributed by atoms with Gasteiger partial charge in [0.1, 0.15) is 12.4 Å². The molecule has 0 saturated carbocycles. The van der Waals surface area contributed by atoms with Gasteiger partial charge < -0.3 is 15.0 Å². The van der Waals surface area contributed by atoms with Crippen molar-refractivity contribution in [1.82, 2.24) is 9.88 Å². The Hall–Kier alpha value is -3.05. The lowest BCUT2D eigenvalue weighted by molar-refractivity contribution is 0.256. The van der Waals surface area contributed by atoms with Crippen molar-refractivity contribution in [3.8, 4) is 11.4 Å². The highest BCUT2D eigenvalue weighted by molar-refractivity contribution is 5.66. The van der Waals surface area contributed by atoms with Crippen molar-refractivity contribution in [2.75, 3.05) is 18.5 Å². The van der Waals surface area contributed by atoms with E-state index in [0.29, 0.717) is 24.3 Å². The van der Waals surface area contributed by atoms with Gasteiger partial charge in [0, 0.05) is 49.0 Å². The van der Waals surface area contributed by atoms with Crippen molar-refractivity contribution < 1.29 is 4.74 Å². The normalized spacial score (nSPS) is 21.5. The summed E-state index contributed by atoms with van der Waals surface area (Å²) in [7, 11) is 2.16. The zero-order valence-electron chi connectivity index (χ0n) is 18.3. The molecule has 0 spiro atoms. The van der Waals surface area contributed by atoms with Gasteiger partial charge in [-0.1, -0.05) is 36.4 Å². The van der Waals surface area contributed by atoms with Crippen molar-refractivity contribution in [3.05, 3.63) is 88.3 Å². The number of nitrogens with one attached hydrogen (secondary N) is 1. The Morgan fingerprint density at radius 3 is 2.68 bits per heavy atom. The molecule has 2 aromatic carbocycles. The van der Waals surface area contributed by atoms with E-state index in [1.807, 2.05) is 36.4 Å². The number of anilines is 1. The van der Waals surface area contributed by atoms with Crippen LogP contribution in [0.15, 0.2) is 71.7 Å². The minimum Gasteiger partial charge on any atom is -0.489 e. The van der Waals surface area contributed by atoms with E-state index in [9.17, 15) is 4.79 Å². The summed E-state index contributed by atoms with van der Waals surface area (Å²) in [6.07, 6.45) is 2.92. The highest BCUT2D eigenvalue weighted by atomic mass is 16.5. The molecule has 0 aliphatic carbocycles. The number of ether oxygens (including phenoxy) is 1. The maximum absolute atomic E-state index is 12.8. The van der Waals surface area contributed by atoms with Crippen molar-refractivity contribution in [3.63, 3.8) is 0 Å². The average molecular weight is 416 g/mol. The largest absolute Gasteiger partial charge is 0.489 e. The average Bonchev–Trinajstić information content (AvgIpc) is 3.03. The maximum atomic E-state index is 12.8. The molecular formula is C26H29N3O2. The highest BCUT2D eigenvalue weighted by Gasteiger charge is 2.43. The second kappa shape index (κ2) is 7.57. The van der Waals surface area contributed by atoms with Gasteiger partial charge in [-0.05, 0) is 49.6 Å². The van der Waals surface area contributed by atoms with Gasteiger partial charge in [0.2, 0.25) is 0 Å². The molecule has 2 aliphatic heterocycles. The summed E-state index contributed by atoms with van der Waals surface area (Å²) in [5.41, 5.74) is 4.63. The fraction of sp³-hybridized carbons (Fsp3) is 0.346. The number of pyridine rings is 1. The molecule has 1 saturated heterocycles. The van der Waals surface area contributed by atoms with Crippen LogP contribution in [0.5, 0.6) is 5.75 Å². The lowest BCUT2D eigenvalue weighted by atomic mass is 9.79. The van der Waals surface area contributed by atoms with Gasteiger partial charge in [0.05, 0.1) is 5.69 Å². The predicted octanol–water partition coefficient (Wildman–Crippen LogP) is 4.09. The zero-order chi connectivity index (χ0) is 21.6. The number of hydrogen-bond donors (Lipinski definition) is 1. The molecule has 0 bridgehead atoms. The van der Waals surface area contributed by atoms with E-state index in [4.69, 9.17) is 4.74 Å². The number of piperidine rings is 1. The standard InChI is InChI=1S/C26H29N3O2/c1-26(2)15-22-21-10-9-19(13-23(21)28(3)24(22)16-27-26)29-12-11-20(14-25(29)30)31-17-18-7-5-4-6-8-18/h4-14,22,24,27H,15-17H2,1-3H3. The van der Waals surface area contributed by atoms with E-state index in [1.54, 1.807) is 16.8 Å². The molecule has 0 amide bonds. The molecule has 31 heavy (non-hydrogen) atoms. The van der Waals surface area contributed by atoms with Crippen molar-refractivity contribution in [2.45, 2.75) is 44.4 Å².